The molecule has 5 heteroatoms. The van der Waals surface area contributed by atoms with Gasteiger partial charge in [0.25, 0.3) is 5.91 Å². The first-order valence-corrected chi connectivity index (χ1v) is 4.46. The van der Waals surface area contributed by atoms with Crippen molar-refractivity contribution >= 4 is 11.7 Å². The molecule has 15 heavy (non-hydrogen) atoms. The Labute approximate surface area is 88.4 Å². The van der Waals surface area contributed by atoms with Gasteiger partial charge in [0, 0.05) is 20.4 Å². The summed E-state index contributed by atoms with van der Waals surface area (Å²) < 4.78 is 9.59. The minimum Gasteiger partial charge on any atom is -0.348 e. The van der Waals surface area contributed by atoms with Crippen molar-refractivity contribution in [2.24, 2.45) is 0 Å². The average molecular weight is 210 g/mol. The summed E-state index contributed by atoms with van der Waals surface area (Å²) in [5, 5.41) is 2.57. The van der Waals surface area contributed by atoms with Crippen molar-refractivity contribution in [1.82, 2.24) is 4.98 Å². The van der Waals surface area contributed by atoms with Crippen LogP contribution in [0.4, 0.5) is 5.82 Å². The lowest BCUT2D eigenvalue weighted by atomic mass is 10.3. The van der Waals surface area contributed by atoms with E-state index in [1.54, 1.807) is 12.3 Å². The molecule has 0 aliphatic carbocycles. The predicted octanol–water partition coefficient (Wildman–Crippen LogP) is 0.947. The summed E-state index contributed by atoms with van der Waals surface area (Å²) in [6.45, 7) is 1.92. The van der Waals surface area contributed by atoms with Gasteiger partial charge in [-0.05, 0) is 18.6 Å². The van der Waals surface area contributed by atoms with E-state index in [1.807, 2.05) is 13.0 Å². The molecule has 5 nitrogen and oxygen atoms in total. The van der Waals surface area contributed by atoms with Gasteiger partial charge in [0.1, 0.15) is 5.82 Å². The number of amides is 1. The van der Waals surface area contributed by atoms with Crippen molar-refractivity contribution < 1.29 is 14.3 Å². The van der Waals surface area contributed by atoms with Gasteiger partial charge >= 0.3 is 0 Å². The average Bonchev–Trinajstić information content (AvgIpc) is 2.23. The quantitative estimate of drug-likeness (QED) is 0.751. The molecule has 0 aliphatic heterocycles. The number of aryl methyl sites for hydroxylation is 1. The molecule has 1 aromatic rings. The fraction of sp³-hybridized carbons (Fsp3) is 0.400. The summed E-state index contributed by atoms with van der Waals surface area (Å²) in [4.78, 5) is 15.5. The molecule has 0 aromatic carbocycles. The summed E-state index contributed by atoms with van der Waals surface area (Å²) in [6.07, 6.45) is 0.762. The Morgan fingerprint density at radius 1 is 1.40 bits per heavy atom. The Morgan fingerprint density at radius 2 is 2.07 bits per heavy atom. The molecule has 0 unspecified atom stereocenters. The van der Waals surface area contributed by atoms with Gasteiger partial charge in [-0.25, -0.2) is 4.98 Å². The lowest BCUT2D eigenvalue weighted by Crippen LogP contribution is -2.31. The fourth-order valence-electron chi connectivity index (χ4n) is 1.04. The monoisotopic (exact) mass is 210 g/mol. The van der Waals surface area contributed by atoms with Crippen molar-refractivity contribution in [3.8, 4) is 0 Å². The minimum atomic E-state index is -0.909. The maximum Gasteiger partial charge on any atom is 0.282 e. The number of nitrogens with one attached hydrogen (secondary N) is 1. The topological polar surface area (TPSA) is 60.5 Å². The molecule has 1 N–H and O–H groups in total. The zero-order valence-corrected chi connectivity index (χ0v) is 8.98. The molecule has 0 spiro atoms. The lowest BCUT2D eigenvalue weighted by molar-refractivity contribution is -0.153. The second-order valence-corrected chi connectivity index (χ2v) is 3.01. The highest BCUT2D eigenvalue weighted by Gasteiger charge is 2.16. The number of carbonyl (C=O) groups excluding carboxylic acids is 1. The zero-order chi connectivity index (χ0) is 11.3. The molecule has 0 saturated carbocycles. The third-order valence-electron chi connectivity index (χ3n) is 1.80. The number of methoxy groups -OCH3 is 2. The summed E-state index contributed by atoms with van der Waals surface area (Å²) in [5.41, 5.74) is 1.03. The van der Waals surface area contributed by atoms with Crippen LogP contribution in [0.5, 0.6) is 0 Å². The van der Waals surface area contributed by atoms with Crippen molar-refractivity contribution in [3.63, 3.8) is 0 Å². The Kier molecular flexibility index (Phi) is 4.20. The smallest absolute Gasteiger partial charge is 0.282 e. The number of carbonyl (C=O) groups is 1. The fourth-order valence-corrected chi connectivity index (χ4v) is 1.04. The van der Waals surface area contributed by atoms with Crippen LogP contribution >= 0.6 is 0 Å². The van der Waals surface area contributed by atoms with E-state index in [9.17, 15) is 4.79 Å². The number of hydrogen-bond acceptors (Lipinski definition) is 4. The lowest BCUT2D eigenvalue weighted by Gasteiger charge is -2.12. The van der Waals surface area contributed by atoms with E-state index in [1.165, 1.54) is 14.2 Å². The van der Waals surface area contributed by atoms with E-state index in [0.717, 1.165) is 5.56 Å². The Balaban J connectivity index is 2.61. The van der Waals surface area contributed by atoms with Gasteiger partial charge in [0.15, 0.2) is 0 Å². The van der Waals surface area contributed by atoms with E-state index in [4.69, 9.17) is 9.47 Å². The normalized spacial score (nSPS) is 10.4. The number of pyridine rings is 1. The van der Waals surface area contributed by atoms with Crippen molar-refractivity contribution in [2.75, 3.05) is 19.5 Å². The number of aromatic nitrogens is 1. The molecule has 1 amide bonds. The Hall–Kier alpha value is -1.46. The van der Waals surface area contributed by atoms with Crippen LogP contribution in [0.25, 0.3) is 0 Å². The van der Waals surface area contributed by atoms with Crippen LogP contribution < -0.4 is 5.32 Å². The number of rotatable bonds is 4. The van der Waals surface area contributed by atoms with E-state index in [-0.39, 0.29) is 5.91 Å². The van der Waals surface area contributed by atoms with Crippen LogP contribution in [0.3, 0.4) is 0 Å². The summed E-state index contributed by atoms with van der Waals surface area (Å²) in [5.74, 6) is 0.0982. The third kappa shape index (κ3) is 3.30. The van der Waals surface area contributed by atoms with Gasteiger partial charge in [0.2, 0.25) is 6.29 Å². The van der Waals surface area contributed by atoms with Crippen molar-refractivity contribution in [2.45, 2.75) is 13.2 Å². The van der Waals surface area contributed by atoms with Crippen LogP contribution in [-0.4, -0.2) is 31.4 Å². The predicted molar refractivity (Wildman–Crippen MR) is 55.4 cm³/mol. The molecule has 0 radical (unpaired) electrons. The zero-order valence-electron chi connectivity index (χ0n) is 8.98. The van der Waals surface area contributed by atoms with Gasteiger partial charge < -0.3 is 14.8 Å². The first kappa shape index (κ1) is 11.6. The van der Waals surface area contributed by atoms with Gasteiger partial charge in [-0.15, -0.1) is 0 Å². The van der Waals surface area contributed by atoms with Gasteiger partial charge in [-0.3, -0.25) is 4.79 Å². The first-order valence-electron chi connectivity index (χ1n) is 4.46. The van der Waals surface area contributed by atoms with Crippen molar-refractivity contribution in [1.29, 1.82) is 0 Å². The van der Waals surface area contributed by atoms with Crippen LogP contribution in [-0.2, 0) is 14.3 Å². The largest absolute Gasteiger partial charge is 0.348 e. The molecule has 0 bridgehead atoms. The maximum atomic E-state index is 11.5. The summed E-state index contributed by atoms with van der Waals surface area (Å²) in [6, 6.07) is 3.58. The highest BCUT2D eigenvalue weighted by atomic mass is 16.7. The molecular weight excluding hydrogens is 196 g/mol. The van der Waals surface area contributed by atoms with E-state index in [0.29, 0.717) is 5.82 Å². The van der Waals surface area contributed by atoms with E-state index >= 15 is 0 Å². The highest BCUT2D eigenvalue weighted by molar-refractivity contribution is 5.92. The molecule has 1 heterocycles. The highest BCUT2D eigenvalue weighted by Crippen LogP contribution is 2.05. The maximum absolute atomic E-state index is 11.5. The summed E-state index contributed by atoms with van der Waals surface area (Å²) in [7, 11) is 2.80. The minimum absolute atomic E-state index is 0.378. The van der Waals surface area contributed by atoms with Crippen molar-refractivity contribution in [3.05, 3.63) is 23.9 Å². The molecule has 1 rings (SSSR count). The van der Waals surface area contributed by atoms with Crippen LogP contribution in [0.2, 0.25) is 0 Å². The van der Waals surface area contributed by atoms with Crippen LogP contribution in [0.1, 0.15) is 5.56 Å². The van der Waals surface area contributed by atoms with E-state index < -0.39 is 6.29 Å². The number of nitrogens with zero attached hydrogens (tertiary/aromatic N) is 1. The van der Waals surface area contributed by atoms with Gasteiger partial charge in [-0.1, -0.05) is 6.07 Å². The van der Waals surface area contributed by atoms with E-state index in [2.05, 4.69) is 10.3 Å². The second kappa shape index (κ2) is 5.43. The number of anilines is 1. The molecular formula is C10H14N2O3. The molecule has 82 valence electrons. The SMILES string of the molecule is COC(OC)C(=O)Nc1ccc(C)cn1. The Bertz CT molecular complexity index is 320. The first-order chi connectivity index (χ1) is 7.17. The molecule has 0 saturated heterocycles. The molecule has 0 aliphatic rings. The third-order valence-corrected chi connectivity index (χ3v) is 1.80. The number of hydrogen-bond donors (Lipinski definition) is 1. The Morgan fingerprint density at radius 3 is 2.53 bits per heavy atom. The van der Waals surface area contributed by atoms with Crippen LogP contribution in [0.15, 0.2) is 18.3 Å². The molecule has 0 fully saturated rings. The standard InChI is InChI=1S/C10H14N2O3/c1-7-4-5-8(11-6-7)12-9(13)10(14-2)15-3/h4-6,10H,1-3H3,(H,11,12,13). The summed E-state index contributed by atoms with van der Waals surface area (Å²) >= 11 is 0. The van der Waals surface area contributed by atoms with Gasteiger partial charge in [-0.2, -0.15) is 0 Å². The molecule has 1 aromatic heterocycles. The van der Waals surface area contributed by atoms with Gasteiger partial charge in [0.05, 0.1) is 0 Å². The number of ether oxygens (including phenoxy) is 2. The second-order valence-electron chi connectivity index (χ2n) is 3.01. The van der Waals surface area contributed by atoms with Crippen LogP contribution in [0, 0.1) is 6.92 Å². The molecule has 0 atom stereocenters.